The van der Waals surface area contributed by atoms with Crippen LogP contribution in [0.1, 0.15) is 23.1 Å². The molecular weight excluding hydrogens is 581 g/mol. The Morgan fingerprint density at radius 3 is 2.64 bits per heavy atom. The van der Waals surface area contributed by atoms with Crippen molar-refractivity contribution in [2.24, 2.45) is 0 Å². The van der Waals surface area contributed by atoms with Gasteiger partial charge in [0.05, 0.1) is 16.1 Å². The molecule has 216 valence electrons. The number of rotatable bonds is 7. The summed E-state index contributed by atoms with van der Waals surface area (Å²) in [6.45, 7) is 0.257. The van der Waals surface area contributed by atoms with Gasteiger partial charge in [0, 0.05) is 36.0 Å². The summed E-state index contributed by atoms with van der Waals surface area (Å²) in [5.74, 6) is -0.999. The molecule has 0 spiro atoms. The minimum Gasteiger partial charge on any atom is -0.456 e. The first-order chi connectivity index (χ1) is 20.1. The number of fused-ring (bicyclic) bond motifs is 1. The van der Waals surface area contributed by atoms with Crippen molar-refractivity contribution in [3.63, 3.8) is 0 Å². The third-order valence-electron chi connectivity index (χ3n) is 6.22. The Hall–Kier alpha value is -4.71. The molecule has 0 unspecified atom stereocenters. The van der Waals surface area contributed by atoms with Crippen LogP contribution in [0.5, 0.6) is 11.5 Å². The second kappa shape index (κ2) is 12.0. The molecular formula is C29H21ClF5N5O2. The first-order valence-corrected chi connectivity index (χ1v) is 12.9. The van der Waals surface area contributed by atoms with Crippen LogP contribution in [0.25, 0.3) is 6.08 Å². The molecule has 0 saturated heterocycles. The van der Waals surface area contributed by atoms with Crippen molar-refractivity contribution in [2.45, 2.75) is 19.1 Å². The lowest BCUT2D eigenvalue weighted by atomic mass is 10.1. The van der Waals surface area contributed by atoms with Gasteiger partial charge >= 0.3 is 6.18 Å². The molecule has 1 aromatic heterocycles. The van der Waals surface area contributed by atoms with Gasteiger partial charge in [-0.2, -0.15) is 13.2 Å². The van der Waals surface area contributed by atoms with Gasteiger partial charge in [-0.25, -0.2) is 18.7 Å². The Morgan fingerprint density at radius 1 is 1.05 bits per heavy atom. The number of carbonyl (C=O) groups excluding carboxylic acids is 1. The molecule has 42 heavy (non-hydrogen) atoms. The van der Waals surface area contributed by atoms with Gasteiger partial charge in [-0.1, -0.05) is 23.7 Å². The average Bonchev–Trinajstić information content (AvgIpc) is 3.17. The van der Waals surface area contributed by atoms with Crippen molar-refractivity contribution in [1.29, 1.82) is 0 Å². The summed E-state index contributed by atoms with van der Waals surface area (Å²) in [4.78, 5) is 21.5. The van der Waals surface area contributed by atoms with Gasteiger partial charge in [0.25, 0.3) is 0 Å². The van der Waals surface area contributed by atoms with Crippen LogP contribution in [0.15, 0.2) is 72.6 Å². The quantitative estimate of drug-likeness (QED) is 0.190. The van der Waals surface area contributed by atoms with Crippen LogP contribution in [0.4, 0.5) is 39.3 Å². The van der Waals surface area contributed by atoms with E-state index in [1.165, 1.54) is 36.7 Å². The largest absolute Gasteiger partial charge is 0.456 e. The Bertz CT molecular complexity index is 1680. The average molecular weight is 602 g/mol. The fourth-order valence-corrected chi connectivity index (χ4v) is 4.35. The van der Waals surface area contributed by atoms with E-state index in [-0.39, 0.29) is 28.6 Å². The van der Waals surface area contributed by atoms with Crippen LogP contribution in [-0.4, -0.2) is 22.4 Å². The standard InChI is InChI=1S/C29H21ClF5N5O2/c30-23-13-20(6-7-25(23)42-21-3-1-2-18(11-21)29(33,34)35)40-27-22-10-16(8-9-36-26(22)38-15-39-27)28(41)37-14-17-4-5-19(31)12-24(17)32/h1-7,10-13,15H,8-9,14H2,(H,37,41)(H2,36,38,39,40). The Balaban J connectivity index is 1.33. The van der Waals surface area contributed by atoms with Crippen molar-refractivity contribution in [3.05, 3.63) is 106 Å². The number of hydrogen-bond donors (Lipinski definition) is 3. The van der Waals surface area contributed by atoms with E-state index >= 15 is 0 Å². The maximum Gasteiger partial charge on any atom is 0.416 e. The smallest absolute Gasteiger partial charge is 0.416 e. The molecule has 5 rings (SSSR count). The van der Waals surface area contributed by atoms with Gasteiger partial charge in [0.2, 0.25) is 5.91 Å². The van der Waals surface area contributed by atoms with Crippen LogP contribution >= 0.6 is 11.6 Å². The second-order valence-electron chi connectivity index (χ2n) is 9.15. The zero-order chi connectivity index (χ0) is 29.9. The summed E-state index contributed by atoms with van der Waals surface area (Å²) in [6, 6.07) is 12.2. The number of ether oxygens (including phenoxy) is 1. The van der Waals surface area contributed by atoms with Crippen molar-refractivity contribution in [3.8, 4) is 11.5 Å². The highest BCUT2D eigenvalue weighted by molar-refractivity contribution is 6.32. The number of nitrogens with zero attached hydrogens (tertiary/aromatic N) is 2. The van der Waals surface area contributed by atoms with Crippen LogP contribution in [0.3, 0.4) is 0 Å². The number of anilines is 3. The molecule has 1 aliphatic rings. The normalized spacial score (nSPS) is 12.9. The third-order valence-corrected chi connectivity index (χ3v) is 6.51. The fourth-order valence-electron chi connectivity index (χ4n) is 4.13. The Kier molecular flexibility index (Phi) is 8.25. The van der Waals surface area contributed by atoms with E-state index in [2.05, 4.69) is 25.9 Å². The molecule has 13 heteroatoms. The molecule has 3 N–H and O–H groups in total. The maximum absolute atomic E-state index is 14.0. The van der Waals surface area contributed by atoms with Gasteiger partial charge in [-0.3, -0.25) is 4.79 Å². The number of halogens is 6. The van der Waals surface area contributed by atoms with E-state index in [1.807, 2.05) is 0 Å². The monoisotopic (exact) mass is 601 g/mol. The van der Waals surface area contributed by atoms with E-state index in [4.69, 9.17) is 16.3 Å². The van der Waals surface area contributed by atoms with E-state index in [0.29, 0.717) is 41.4 Å². The summed E-state index contributed by atoms with van der Waals surface area (Å²) in [6.07, 6.45) is -1.24. The first-order valence-electron chi connectivity index (χ1n) is 12.5. The number of nitrogens with one attached hydrogen (secondary N) is 3. The van der Waals surface area contributed by atoms with Crippen LogP contribution < -0.4 is 20.7 Å². The number of amides is 1. The maximum atomic E-state index is 14.0. The van der Waals surface area contributed by atoms with Crippen LogP contribution in [0, 0.1) is 11.6 Å². The number of hydrogen-bond acceptors (Lipinski definition) is 6. The summed E-state index contributed by atoms with van der Waals surface area (Å²) < 4.78 is 71.9. The topological polar surface area (TPSA) is 88.2 Å². The molecule has 1 amide bonds. The molecule has 0 atom stereocenters. The summed E-state index contributed by atoms with van der Waals surface area (Å²) >= 11 is 6.37. The molecule has 2 heterocycles. The number of alkyl halides is 3. The SMILES string of the molecule is O=C(NCc1ccc(F)cc1F)C1=Cc2c(ncnc2Nc2ccc(Oc3cccc(C(F)(F)F)c3)c(Cl)c2)NCC1. The van der Waals surface area contributed by atoms with Gasteiger partial charge < -0.3 is 20.7 Å². The van der Waals surface area contributed by atoms with Crippen molar-refractivity contribution < 1.29 is 31.5 Å². The molecule has 3 aromatic carbocycles. The predicted molar refractivity (Wildman–Crippen MR) is 148 cm³/mol. The first kappa shape index (κ1) is 28.8. The number of aromatic nitrogens is 2. The van der Waals surface area contributed by atoms with E-state index in [1.54, 1.807) is 12.1 Å². The summed E-state index contributed by atoms with van der Waals surface area (Å²) in [5.41, 5.74) is 0.627. The highest BCUT2D eigenvalue weighted by atomic mass is 35.5. The zero-order valence-electron chi connectivity index (χ0n) is 21.5. The minimum atomic E-state index is -4.52. The van der Waals surface area contributed by atoms with E-state index in [9.17, 15) is 26.7 Å². The lowest BCUT2D eigenvalue weighted by molar-refractivity contribution is -0.137. The zero-order valence-corrected chi connectivity index (χ0v) is 22.3. The van der Waals surface area contributed by atoms with Gasteiger partial charge in [0.15, 0.2) is 0 Å². The molecule has 0 bridgehead atoms. The summed E-state index contributed by atoms with van der Waals surface area (Å²) in [5, 5.41) is 9.02. The highest BCUT2D eigenvalue weighted by Gasteiger charge is 2.30. The molecule has 1 aliphatic heterocycles. The van der Waals surface area contributed by atoms with Crippen molar-refractivity contribution >= 4 is 40.9 Å². The van der Waals surface area contributed by atoms with Crippen LogP contribution in [0.2, 0.25) is 5.02 Å². The highest BCUT2D eigenvalue weighted by Crippen LogP contribution is 2.36. The molecule has 0 aliphatic carbocycles. The Labute approximate surface area is 241 Å². The van der Waals surface area contributed by atoms with Crippen LogP contribution in [-0.2, 0) is 17.5 Å². The Morgan fingerprint density at radius 2 is 1.88 bits per heavy atom. The molecule has 0 radical (unpaired) electrons. The summed E-state index contributed by atoms with van der Waals surface area (Å²) in [7, 11) is 0. The van der Waals surface area contributed by atoms with E-state index < -0.39 is 29.3 Å². The second-order valence-corrected chi connectivity index (χ2v) is 9.55. The number of carbonyl (C=O) groups is 1. The molecule has 7 nitrogen and oxygen atoms in total. The van der Waals surface area contributed by atoms with Gasteiger partial charge in [-0.05, 0) is 55.0 Å². The minimum absolute atomic E-state index is 0.0299. The van der Waals surface area contributed by atoms with Crippen molar-refractivity contribution in [1.82, 2.24) is 15.3 Å². The van der Waals surface area contributed by atoms with Crippen molar-refractivity contribution in [2.75, 3.05) is 17.2 Å². The third kappa shape index (κ3) is 6.77. The predicted octanol–water partition coefficient (Wildman–Crippen LogP) is 7.48. The lowest BCUT2D eigenvalue weighted by Crippen LogP contribution is -2.25. The molecule has 0 saturated carbocycles. The fraction of sp³-hybridized carbons (Fsp3) is 0.138. The molecule has 4 aromatic rings. The van der Waals surface area contributed by atoms with Gasteiger partial charge in [0.1, 0.15) is 41.1 Å². The van der Waals surface area contributed by atoms with E-state index in [0.717, 1.165) is 24.3 Å². The lowest BCUT2D eigenvalue weighted by Gasteiger charge is -2.14. The molecule has 0 fully saturated rings. The van der Waals surface area contributed by atoms with Gasteiger partial charge in [-0.15, -0.1) is 0 Å². The number of benzene rings is 3.